The SMILES string of the molecule is C1=CC=CC=CC=C1.O=[C]=[Fe](=[C]=O)=[C]=O.[Fe]. The topological polar surface area (TPSA) is 51.2 Å². The van der Waals surface area contributed by atoms with Crippen molar-refractivity contribution in [3.63, 3.8) is 0 Å². The quantitative estimate of drug-likeness (QED) is 0.628. The second-order valence-electron chi connectivity index (χ2n) is 2.02. The molecule has 1 rings (SSSR count). The Balaban J connectivity index is 0. The minimum absolute atomic E-state index is 0. The number of allylic oxidation sites excluding steroid dienone is 8. The van der Waals surface area contributed by atoms with E-state index in [0.29, 0.717) is 0 Å². The van der Waals surface area contributed by atoms with Crippen molar-refractivity contribution in [1.29, 1.82) is 0 Å². The molecular weight excluding hydrogens is 292 g/mol. The van der Waals surface area contributed by atoms with E-state index in [0.717, 1.165) is 0 Å². The van der Waals surface area contributed by atoms with Gasteiger partial charge in [0.15, 0.2) is 0 Å². The van der Waals surface area contributed by atoms with Gasteiger partial charge in [-0.05, 0) is 0 Å². The van der Waals surface area contributed by atoms with Gasteiger partial charge in [0.1, 0.15) is 0 Å². The van der Waals surface area contributed by atoms with Crippen molar-refractivity contribution in [3.05, 3.63) is 48.6 Å². The van der Waals surface area contributed by atoms with E-state index in [4.69, 9.17) is 0 Å². The predicted octanol–water partition coefficient (Wildman–Crippen LogP) is 1.03. The molecule has 0 heterocycles. The predicted molar refractivity (Wildman–Crippen MR) is 53.6 cm³/mol. The van der Waals surface area contributed by atoms with E-state index in [9.17, 15) is 14.4 Å². The maximum Gasteiger partial charge on any atom is 0 e. The van der Waals surface area contributed by atoms with E-state index in [1.807, 2.05) is 48.6 Å². The van der Waals surface area contributed by atoms with Gasteiger partial charge >= 0.3 is 41.3 Å². The Labute approximate surface area is 107 Å². The zero-order chi connectivity index (χ0) is 11.4. The standard InChI is InChI=1S/C8H8.3CO.2Fe/c1-2-4-6-8-7-5-3-1;3*1-2;;/h1-8H;;;;;. The van der Waals surface area contributed by atoms with Gasteiger partial charge in [0, 0.05) is 17.1 Å². The van der Waals surface area contributed by atoms with Gasteiger partial charge in [-0.15, -0.1) is 0 Å². The first kappa shape index (κ1) is 17.1. The molecule has 0 aromatic carbocycles. The van der Waals surface area contributed by atoms with Crippen LogP contribution in [-0.2, 0) is 44.0 Å². The van der Waals surface area contributed by atoms with Crippen molar-refractivity contribution >= 4 is 14.4 Å². The molecule has 0 aliphatic heterocycles. The summed E-state index contributed by atoms with van der Waals surface area (Å²) in [6, 6.07) is 0. The Hall–Kier alpha value is -1.26. The number of hydrogen-bond acceptors (Lipinski definition) is 3. The van der Waals surface area contributed by atoms with Crippen molar-refractivity contribution in [1.82, 2.24) is 0 Å². The minimum atomic E-state index is -2.12. The average Bonchev–Trinajstić information content (AvgIpc) is 2.20. The van der Waals surface area contributed by atoms with Gasteiger partial charge in [0.2, 0.25) is 0 Å². The van der Waals surface area contributed by atoms with Gasteiger partial charge in [0.05, 0.1) is 0 Å². The van der Waals surface area contributed by atoms with Gasteiger partial charge in [0.25, 0.3) is 0 Å². The molecule has 0 N–H and O–H groups in total. The Kier molecular flexibility index (Phi) is 14.7. The van der Waals surface area contributed by atoms with Crippen molar-refractivity contribution in [2.24, 2.45) is 0 Å². The molecule has 0 bridgehead atoms. The number of carbonyl (C=O) groups excluding carboxylic acids is 3. The van der Waals surface area contributed by atoms with E-state index in [1.165, 1.54) is 14.4 Å². The zero-order valence-corrected chi connectivity index (χ0v) is 10.3. The van der Waals surface area contributed by atoms with Gasteiger partial charge in [-0.2, -0.15) is 0 Å². The Morgan fingerprint density at radius 2 is 0.750 bits per heavy atom. The second-order valence-corrected chi connectivity index (χ2v) is 3.53. The average molecular weight is 300 g/mol. The summed E-state index contributed by atoms with van der Waals surface area (Å²) in [5.41, 5.74) is 0. The molecule has 5 heteroatoms. The minimum Gasteiger partial charge on any atom is 0 e. The maximum atomic E-state index is 9.35. The summed E-state index contributed by atoms with van der Waals surface area (Å²) in [5.74, 6) is 0. The van der Waals surface area contributed by atoms with Crippen molar-refractivity contribution < 1.29 is 44.0 Å². The van der Waals surface area contributed by atoms with E-state index >= 15 is 0 Å². The van der Waals surface area contributed by atoms with E-state index in [2.05, 4.69) is 0 Å². The molecular formula is C11H8Fe2O3. The summed E-state index contributed by atoms with van der Waals surface area (Å²) in [6.45, 7) is 0. The third-order valence-electron chi connectivity index (χ3n) is 1.11. The summed E-state index contributed by atoms with van der Waals surface area (Å²) >= 11 is -2.12. The molecule has 3 nitrogen and oxygen atoms in total. The monoisotopic (exact) mass is 300 g/mol. The fourth-order valence-corrected chi connectivity index (χ4v) is 0.695. The fourth-order valence-electron chi connectivity index (χ4n) is 0.557. The Bertz CT molecular complexity index is 416. The zero-order valence-electron chi connectivity index (χ0n) is 8.05. The molecule has 16 heavy (non-hydrogen) atoms. The van der Waals surface area contributed by atoms with Crippen LogP contribution in [0, 0.1) is 0 Å². The summed E-state index contributed by atoms with van der Waals surface area (Å²) < 4.78 is 0. The van der Waals surface area contributed by atoms with Gasteiger partial charge in [-0.3, -0.25) is 0 Å². The van der Waals surface area contributed by atoms with Crippen molar-refractivity contribution in [2.45, 2.75) is 0 Å². The second kappa shape index (κ2) is 13.7. The first-order valence-electron chi connectivity index (χ1n) is 3.81. The molecule has 0 amide bonds. The van der Waals surface area contributed by atoms with Crippen LogP contribution in [0.4, 0.5) is 0 Å². The normalized spacial score (nSPS) is 10.8. The molecule has 0 saturated carbocycles. The number of rotatable bonds is 0. The van der Waals surface area contributed by atoms with E-state index in [-0.39, 0.29) is 17.1 Å². The molecule has 0 spiro atoms. The van der Waals surface area contributed by atoms with Crippen LogP contribution in [0.2, 0.25) is 0 Å². The molecule has 0 atom stereocenters. The maximum absolute atomic E-state index is 9.35. The first-order valence-corrected chi connectivity index (χ1v) is 5.47. The van der Waals surface area contributed by atoms with Gasteiger partial charge in [-0.1, -0.05) is 48.6 Å². The molecule has 0 radical (unpaired) electrons. The summed E-state index contributed by atoms with van der Waals surface area (Å²) in [5, 5.41) is 0. The first-order chi connectivity index (χ1) is 7.35. The van der Waals surface area contributed by atoms with Crippen LogP contribution < -0.4 is 0 Å². The van der Waals surface area contributed by atoms with Crippen LogP contribution in [0.25, 0.3) is 0 Å². The van der Waals surface area contributed by atoms with Gasteiger partial charge < -0.3 is 0 Å². The molecule has 0 aromatic heterocycles. The van der Waals surface area contributed by atoms with Gasteiger partial charge in [-0.25, -0.2) is 0 Å². The van der Waals surface area contributed by atoms with Crippen LogP contribution in [-0.4, -0.2) is 14.4 Å². The molecule has 1 aliphatic rings. The van der Waals surface area contributed by atoms with E-state index in [1.54, 1.807) is 0 Å². The fraction of sp³-hybridized carbons (Fsp3) is 0. The van der Waals surface area contributed by atoms with Crippen LogP contribution in [0.5, 0.6) is 0 Å². The molecule has 0 fully saturated rings. The van der Waals surface area contributed by atoms with Crippen molar-refractivity contribution in [3.8, 4) is 0 Å². The molecule has 0 unspecified atom stereocenters. The Morgan fingerprint density at radius 1 is 0.562 bits per heavy atom. The summed E-state index contributed by atoms with van der Waals surface area (Å²) in [7, 11) is 0. The Morgan fingerprint density at radius 3 is 0.812 bits per heavy atom. The third kappa shape index (κ3) is 10.8. The molecule has 0 aromatic rings. The summed E-state index contributed by atoms with van der Waals surface area (Å²) in [6.07, 6.45) is 16.0. The van der Waals surface area contributed by atoms with Crippen LogP contribution >= 0.6 is 0 Å². The number of hydrogen-bond donors (Lipinski definition) is 0. The smallest absolute Gasteiger partial charge is 0 e. The van der Waals surface area contributed by atoms with Crippen LogP contribution in [0.3, 0.4) is 0 Å². The van der Waals surface area contributed by atoms with E-state index < -0.39 is 12.6 Å². The summed E-state index contributed by atoms with van der Waals surface area (Å²) in [4.78, 5) is 31.6. The third-order valence-corrected chi connectivity index (χ3v) is 1.78. The molecule has 1 aliphatic carbocycles. The van der Waals surface area contributed by atoms with Crippen LogP contribution in [0.15, 0.2) is 48.6 Å². The largest absolute Gasteiger partial charge is 0 e. The molecule has 86 valence electrons. The van der Waals surface area contributed by atoms with Crippen LogP contribution in [0.1, 0.15) is 0 Å². The van der Waals surface area contributed by atoms with Crippen molar-refractivity contribution in [2.75, 3.05) is 0 Å². The molecule has 0 saturated heterocycles.